The van der Waals surface area contributed by atoms with Crippen LogP contribution in [-0.4, -0.2) is 61.3 Å². The van der Waals surface area contributed by atoms with Crippen LogP contribution in [0.25, 0.3) is 6.08 Å². The minimum atomic E-state index is -3.60. The van der Waals surface area contributed by atoms with Gasteiger partial charge in [-0.25, -0.2) is 8.42 Å². The molecule has 0 unspecified atom stereocenters. The fourth-order valence-electron chi connectivity index (χ4n) is 3.13. The number of hydrogen-bond donors (Lipinski definition) is 1. The van der Waals surface area contributed by atoms with Crippen LogP contribution in [0.2, 0.25) is 0 Å². The minimum Gasteiger partial charge on any atom is -0.493 e. The standard InChI is InChI=1S/C23H22N4O6S2/c1-14-4-7-16(8-5-14)32-10-11-33-18-9-6-15(13-19(18)31-2)12-17-20(24)27-22(25-21(17)28)34-23(26-27)35(3,29)30/h4-9,12-13,24H,10-11H2,1-3H3/b17-12-,24-20?. The number of ether oxygens (including phenoxy) is 3. The highest BCUT2D eigenvalue weighted by Crippen LogP contribution is 2.32. The van der Waals surface area contributed by atoms with Crippen molar-refractivity contribution in [2.45, 2.75) is 6.92 Å². The van der Waals surface area contributed by atoms with Crippen molar-refractivity contribution in [2.24, 2.45) is 10.1 Å². The number of hydrazone groups is 1. The van der Waals surface area contributed by atoms with Crippen molar-refractivity contribution in [3.63, 3.8) is 0 Å². The van der Waals surface area contributed by atoms with E-state index >= 15 is 0 Å². The van der Waals surface area contributed by atoms with Crippen molar-refractivity contribution in [3.8, 4) is 17.2 Å². The fraction of sp³-hybridized carbons (Fsp3) is 0.217. The first kappa shape index (κ1) is 24.5. The Kier molecular flexibility index (Phi) is 6.94. The highest BCUT2D eigenvalue weighted by Gasteiger charge is 2.38. The first-order chi connectivity index (χ1) is 16.7. The summed E-state index contributed by atoms with van der Waals surface area (Å²) in [6, 6.07) is 12.8. The molecule has 2 aromatic carbocycles. The van der Waals surface area contributed by atoms with Crippen LogP contribution in [0.1, 0.15) is 11.1 Å². The Balaban J connectivity index is 1.46. The van der Waals surface area contributed by atoms with Gasteiger partial charge in [-0.05, 0) is 54.6 Å². The smallest absolute Gasteiger partial charge is 0.283 e. The van der Waals surface area contributed by atoms with Crippen molar-refractivity contribution in [2.75, 3.05) is 26.6 Å². The molecule has 10 nitrogen and oxygen atoms in total. The van der Waals surface area contributed by atoms with Crippen LogP contribution in [0.3, 0.4) is 0 Å². The zero-order chi connectivity index (χ0) is 25.2. The number of rotatable bonds is 7. The van der Waals surface area contributed by atoms with Crippen molar-refractivity contribution < 1.29 is 27.4 Å². The monoisotopic (exact) mass is 514 g/mol. The van der Waals surface area contributed by atoms with Crippen LogP contribution in [0, 0.1) is 12.3 Å². The Labute approximate surface area is 206 Å². The molecule has 0 saturated carbocycles. The number of nitrogens with zero attached hydrogens (tertiary/aromatic N) is 3. The number of sulfone groups is 1. The van der Waals surface area contributed by atoms with Crippen molar-refractivity contribution >= 4 is 49.0 Å². The third kappa shape index (κ3) is 5.54. The van der Waals surface area contributed by atoms with Gasteiger partial charge in [0.05, 0.1) is 12.7 Å². The number of thioether (sulfide) groups is 1. The zero-order valence-electron chi connectivity index (χ0n) is 19.1. The van der Waals surface area contributed by atoms with E-state index in [0.29, 0.717) is 30.3 Å². The average molecular weight is 515 g/mol. The van der Waals surface area contributed by atoms with Gasteiger partial charge >= 0.3 is 0 Å². The normalized spacial score (nSPS) is 16.7. The maximum atomic E-state index is 12.5. The fourth-order valence-corrected chi connectivity index (χ4v) is 4.81. The molecule has 0 aromatic heterocycles. The van der Waals surface area contributed by atoms with E-state index in [9.17, 15) is 13.2 Å². The van der Waals surface area contributed by atoms with Crippen LogP contribution in [0.4, 0.5) is 0 Å². The van der Waals surface area contributed by atoms with E-state index in [-0.39, 0.29) is 21.0 Å². The average Bonchev–Trinajstić information content (AvgIpc) is 3.26. The topological polar surface area (TPSA) is 131 Å². The first-order valence-electron chi connectivity index (χ1n) is 10.4. The lowest BCUT2D eigenvalue weighted by Crippen LogP contribution is -2.35. The Hall–Kier alpha value is -3.64. The Morgan fingerprint density at radius 2 is 1.80 bits per heavy atom. The molecule has 0 saturated heterocycles. The Morgan fingerprint density at radius 3 is 2.49 bits per heavy atom. The number of amides is 1. The predicted octanol–water partition coefficient (Wildman–Crippen LogP) is 3.08. The number of aryl methyl sites for hydroxylation is 1. The van der Waals surface area contributed by atoms with Crippen LogP contribution in [-0.2, 0) is 14.6 Å². The van der Waals surface area contributed by atoms with Gasteiger partial charge in [0.25, 0.3) is 5.91 Å². The summed E-state index contributed by atoms with van der Waals surface area (Å²) < 4.78 is 40.2. The number of fused-ring (bicyclic) bond motifs is 1. The molecule has 0 aliphatic carbocycles. The van der Waals surface area contributed by atoms with Crippen LogP contribution >= 0.6 is 11.8 Å². The summed E-state index contributed by atoms with van der Waals surface area (Å²) in [6.45, 7) is 2.64. The molecule has 0 bridgehead atoms. The maximum Gasteiger partial charge on any atom is 0.283 e. The van der Waals surface area contributed by atoms with Gasteiger partial charge in [0, 0.05) is 6.26 Å². The minimum absolute atomic E-state index is 0.0323. The van der Waals surface area contributed by atoms with Gasteiger partial charge in [0.15, 0.2) is 17.3 Å². The van der Waals surface area contributed by atoms with Gasteiger partial charge in [-0.1, -0.05) is 23.8 Å². The molecular weight excluding hydrogens is 492 g/mol. The summed E-state index contributed by atoms with van der Waals surface area (Å²) in [4.78, 5) is 16.4. The van der Waals surface area contributed by atoms with Crippen LogP contribution in [0.15, 0.2) is 58.1 Å². The molecule has 12 heteroatoms. The number of carbonyl (C=O) groups is 1. The van der Waals surface area contributed by atoms with E-state index in [0.717, 1.165) is 34.3 Å². The lowest BCUT2D eigenvalue weighted by atomic mass is 10.1. The van der Waals surface area contributed by atoms with Gasteiger partial charge in [0.2, 0.25) is 19.4 Å². The first-order valence-corrected chi connectivity index (χ1v) is 13.1. The summed E-state index contributed by atoms with van der Waals surface area (Å²) in [5.41, 5.74) is 1.68. The summed E-state index contributed by atoms with van der Waals surface area (Å²) in [5.74, 6) is 0.751. The molecule has 2 heterocycles. The molecule has 2 aliphatic heterocycles. The van der Waals surface area contributed by atoms with Crippen LogP contribution in [0.5, 0.6) is 17.2 Å². The second-order valence-corrected chi connectivity index (χ2v) is 10.7. The summed E-state index contributed by atoms with van der Waals surface area (Å²) in [5, 5.41) is 13.4. The summed E-state index contributed by atoms with van der Waals surface area (Å²) >= 11 is 0.736. The number of nitrogens with one attached hydrogen (secondary N) is 1. The molecule has 2 aromatic rings. The molecule has 1 amide bonds. The molecule has 0 radical (unpaired) electrons. The van der Waals surface area contributed by atoms with E-state index in [4.69, 9.17) is 19.6 Å². The Morgan fingerprint density at radius 1 is 1.09 bits per heavy atom. The SMILES string of the molecule is COc1cc(/C=C2/C(=N)N3N=C(S(C)(=O)=O)SC3=NC2=O)ccc1OCCOc1ccc(C)cc1. The summed E-state index contributed by atoms with van der Waals surface area (Å²) in [6.07, 6.45) is 2.47. The number of amidine groups is 2. The van der Waals surface area contributed by atoms with Gasteiger partial charge < -0.3 is 14.2 Å². The Bertz CT molecular complexity index is 1380. The van der Waals surface area contributed by atoms with E-state index in [1.165, 1.54) is 13.2 Å². The third-order valence-electron chi connectivity index (χ3n) is 4.88. The molecular formula is C23H22N4O6S2. The number of hydrogen-bond acceptors (Lipinski definition) is 9. The molecule has 4 rings (SSSR count). The molecule has 0 spiro atoms. The molecule has 35 heavy (non-hydrogen) atoms. The van der Waals surface area contributed by atoms with Gasteiger partial charge in [-0.3, -0.25) is 10.2 Å². The maximum absolute atomic E-state index is 12.5. The lowest BCUT2D eigenvalue weighted by Gasteiger charge is -2.20. The number of methoxy groups -OCH3 is 1. The zero-order valence-corrected chi connectivity index (χ0v) is 20.8. The number of carbonyl (C=O) groups excluding carboxylic acids is 1. The summed E-state index contributed by atoms with van der Waals surface area (Å²) in [7, 11) is -2.10. The highest BCUT2D eigenvalue weighted by atomic mass is 32.3. The van der Waals surface area contributed by atoms with Gasteiger partial charge in [0.1, 0.15) is 19.0 Å². The van der Waals surface area contributed by atoms with Gasteiger partial charge in [-0.15, -0.1) is 5.10 Å². The largest absolute Gasteiger partial charge is 0.493 e. The lowest BCUT2D eigenvalue weighted by molar-refractivity contribution is -0.114. The molecule has 0 atom stereocenters. The second-order valence-electron chi connectivity index (χ2n) is 7.58. The van der Waals surface area contributed by atoms with E-state index in [2.05, 4.69) is 10.1 Å². The predicted molar refractivity (Wildman–Crippen MR) is 135 cm³/mol. The molecule has 182 valence electrons. The number of benzene rings is 2. The van der Waals surface area contributed by atoms with Crippen molar-refractivity contribution in [1.29, 1.82) is 5.41 Å². The molecule has 1 N–H and O–H groups in total. The van der Waals surface area contributed by atoms with E-state index in [1.807, 2.05) is 31.2 Å². The van der Waals surface area contributed by atoms with E-state index in [1.54, 1.807) is 18.2 Å². The quantitative estimate of drug-likeness (QED) is 0.441. The highest BCUT2D eigenvalue weighted by molar-refractivity contribution is 8.42. The van der Waals surface area contributed by atoms with E-state index < -0.39 is 15.7 Å². The molecule has 2 aliphatic rings. The molecule has 0 fully saturated rings. The van der Waals surface area contributed by atoms with Crippen molar-refractivity contribution in [1.82, 2.24) is 5.01 Å². The van der Waals surface area contributed by atoms with Crippen molar-refractivity contribution in [3.05, 3.63) is 59.2 Å². The third-order valence-corrected chi connectivity index (χ3v) is 7.46. The second kappa shape index (κ2) is 9.92. The van der Waals surface area contributed by atoms with Crippen LogP contribution < -0.4 is 14.2 Å². The van der Waals surface area contributed by atoms with Gasteiger partial charge in [-0.2, -0.15) is 10.0 Å². The number of aliphatic imine (C=N–C) groups is 1.